The van der Waals surface area contributed by atoms with Crippen LogP contribution in [0.25, 0.3) is 56.0 Å². The average Bonchev–Trinajstić information content (AvgIpc) is 3.62. The lowest BCUT2D eigenvalue weighted by Crippen LogP contribution is -2.18. The highest BCUT2D eigenvalue weighted by atomic mass is 16.1. The van der Waals surface area contributed by atoms with Crippen molar-refractivity contribution < 1.29 is 4.79 Å². The fourth-order valence-corrected chi connectivity index (χ4v) is 5.66. The zero-order valence-electron chi connectivity index (χ0n) is 21.9. The molecule has 1 aromatic carbocycles. The van der Waals surface area contributed by atoms with E-state index in [1.54, 1.807) is 18.6 Å². The molecule has 1 saturated carbocycles. The number of H-pyrrole nitrogens is 2. The van der Waals surface area contributed by atoms with Gasteiger partial charge in [0.25, 0.3) is 0 Å². The van der Waals surface area contributed by atoms with Crippen LogP contribution in [0.5, 0.6) is 0 Å². The summed E-state index contributed by atoms with van der Waals surface area (Å²) in [5.41, 5.74) is 7.36. The number of pyridine rings is 3. The van der Waals surface area contributed by atoms with Gasteiger partial charge in [-0.05, 0) is 60.7 Å². The van der Waals surface area contributed by atoms with Crippen LogP contribution >= 0.6 is 0 Å². The van der Waals surface area contributed by atoms with Gasteiger partial charge in [-0.2, -0.15) is 5.10 Å². The SMILES string of the molecule is O=C(CC1CCCCC1)Nc1cncc(-c2ccc3[nH]nc(-c4nc5nccc(-c6ccccn6)c5[nH]4)c3c2)c1. The number of amides is 1. The van der Waals surface area contributed by atoms with E-state index in [1.807, 2.05) is 48.7 Å². The summed E-state index contributed by atoms with van der Waals surface area (Å²) >= 11 is 0. The van der Waals surface area contributed by atoms with Crippen molar-refractivity contribution >= 4 is 33.7 Å². The van der Waals surface area contributed by atoms with E-state index in [1.165, 1.54) is 19.3 Å². The van der Waals surface area contributed by atoms with E-state index in [2.05, 4.69) is 41.5 Å². The van der Waals surface area contributed by atoms with Crippen molar-refractivity contribution in [3.05, 3.63) is 73.3 Å². The van der Waals surface area contributed by atoms with E-state index in [0.717, 1.165) is 51.6 Å². The molecule has 7 rings (SSSR count). The molecule has 6 aromatic rings. The Morgan fingerprint density at radius 1 is 0.950 bits per heavy atom. The Balaban J connectivity index is 1.19. The number of carbonyl (C=O) groups excluding carboxylic acids is 1. The first-order valence-corrected chi connectivity index (χ1v) is 13.7. The van der Waals surface area contributed by atoms with Gasteiger partial charge in [-0.25, -0.2) is 9.97 Å². The third-order valence-corrected chi connectivity index (χ3v) is 7.67. The second kappa shape index (κ2) is 10.3. The molecule has 0 aliphatic heterocycles. The van der Waals surface area contributed by atoms with E-state index in [0.29, 0.717) is 35.2 Å². The van der Waals surface area contributed by atoms with Gasteiger partial charge < -0.3 is 10.3 Å². The van der Waals surface area contributed by atoms with Gasteiger partial charge in [0.1, 0.15) is 5.69 Å². The summed E-state index contributed by atoms with van der Waals surface area (Å²) in [6, 6.07) is 15.8. The van der Waals surface area contributed by atoms with Crippen molar-refractivity contribution in [2.45, 2.75) is 38.5 Å². The molecule has 1 aliphatic rings. The molecule has 1 fully saturated rings. The molecule has 1 amide bonds. The minimum atomic E-state index is 0.0574. The van der Waals surface area contributed by atoms with Crippen LogP contribution in [0, 0.1) is 5.92 Å². The number of hydrogen-bond acceptors (Lipinski definition) is 6. The Morgan fingerprint density at radius 2 is 1.88 bits per heavy atom. The van der Waals surface area contributed by atoms with Crippen molar-refractivity contribution in [2.75, 3.05) is 5.32 Å². The first kappa shape index (κ1) is 24.1. The first-order chi connectivity index (χ1) is 19.7. The highest BCUT2D eigenvalue weighted by molar-refractivity contribution is 5.97. The van der Waals surface area contributed by atoms with E-state index in [9.17, 15) is 4.79 Å². The van der Waals surface area contributed by atoms with E-state index in [4.69, 9.17) is 4.98 Å². The van der Waals surface area contributed by atoms with Gasteiger partial charge in [-0.1, -0.05) is 31.4 Å². The summed E-state index contributed by atoms with van der Waals surface area (Å²) in [6.45, 7) is 0. The Morgan fingerprint density at radius 3 is 2.75 bits per heavy atom. The summed E-state index contributed by atoms with van der Waals surface area (Å²) in [4.78, 5) is 34.2. The van der Waals surface area contributed by atoms with E-state index in [-0.39, 0.29) is 5.91 Å². The molecule has 5 heterocycles. The first-order valence-electron chi connectivity index (χ1n) is 13.7. The number of benzene rings is 1. The molecule has 0 bridgehead atoms. The van der Waals surface area contributed by atoms with Crippen molar-refractivity contribution in [3.63, 3.8) is 0 Å². The Hall–Kier alpha value is -4.92. The number of aromatic nitrogens is 7. The zero-order valence-corrected chi connectivity index (χ0v) is 21.9. The smallest absolute Gasteiger partial charge is 0.224 e. The molecule has 198 valence electrons. The van der Waals surface area contributed by atoms with Crippen molar-refractivity contribution in [2.24, 2.45) is 5.92 Å². The topological polar surface area (TPSA) is 125 Å². The van der Waals surface area contributed by atoms with Crippen molar-refractivity contribution in [1.29, 1.82) is 0 Å². The predicted octanol–water partition coefficient (Wildman–Crippen LogP) is 6.53. The molecule has 1 aliphatic carbocycles. The van der Waals surface area contributed by atoms with Crippen LogP contribution in [0.2, 0.25) is 0 Å². The van der Waals surface area contributed by atoms with Crippen molar-refractivity contribution in [1.82, 2.24) is 35.1 Å². The van der Waals surface area contributed by atoms with Crippen LogP contribution in [0.3, 0.4) is 0 Å². The number of anilines is 1. The number of rotatable bonds is 6. The van der Waals surface area contributed by atoms with E-state index < -0.39 is 0 Å². The molecule has 0 saturated heterocycles. The van der Waals surface area contributed by atoms with Crippen LogP contribution in [0.4, 0.5) is 5.69 Å². The minimum Gasteiger partial charge on any atom is -0.335 e. The van der Waals surface area contributed by atoms with E-state index >= 15 is 0 Å². The summed E-state index contributed by atoms with van der Waals surface area (Å²) in [5.74, 6) is 1.17. The Labute approximate surface area is 230 Å². The molecule has 5 aromatic heterocycles. The minimum absolute atomic E-state index is 0.0574. The lowest BCUT2D eigenvalue weighted by atomic mass is 9.87. The molecule has 0 atom stereocenters. The molecular weight excluding hydrogens is 500 g/mol. The lowest BCUT2D eigenvalue weighted by Gasteiger charge is -2.20. The van der Waals surface area contributed by atoms with Gasteiger partial charge in [0.2, 0.25) is 5.91 Å². The van der Waals surface area contributed by atoms with Gasteiger partial charge >= 0.3 is 0 Å². The van der Waals surface area contributed by atoms with Crippen LogP contribution in [-0.4, -0.2) is 41.0 Å². The lowest BCUT2D eigenvalue weighted by molar-refractivity contribution is -0.117. The molecule has 0 radical (unpaired) electrons. The van der Waals surface area contributed by atoms with Gasteiger partial charge in [0, 0.05) is 41.5 Å². The molecule has 40 heavy (non-hydrogen) atoms. The highest BCUT2D eigenvalue weighted by Crippen LogP contribution is 2.33. The van der Waals surface area contributed by atoms with Gasteiger partial charge in [0.15, 0.2) is 11.5 Å². The summed E-state index contributed by atoms with van der Waals surface area (Å²) in [5, 5.41) is 11.7. The number of nitrogens with one attached hydrogen (secondary N) is 3. The summed E-state index contributed by atoms with van der Waals surface area (Å²) in [7, 11) is 0. The van der Waals surface area contributed by atoms with Crippen LogP contribution in [0.15, 0.2) is 73.3 Å². The highest BCUT2D eigenvalue weighted by Gasteiger charge is 2.18. The molecule has 9 heteroatoms. The average molecular weight is 529 g/mol. The number of carbonyl (C=O) groups is 1. The van der Waals surface area contributed by atoms with Crippen LogP contribution in [0.1, 0.15) is 38.5 Å². The maximum atomic E-state index is 12.7. The van der Waals surface area contributed by atoms with Crippen LogP contribution < -0.4 is 5.32 Å². The molecular formula is C31H28N8O. The number of nitrogens with zero attached hydrogens (tertiary/aromatic N) is 5. The van der Waals surface area contributed by atoms with Gasteiger partial charge in [0.05, 0.1) is 28.6 Å². The standard InChI is InChI=1S/C31H28N8O/c40-27(14-19-6-2-1-3-7-19)35-22-15-21(17-32-18-22)20-9-10-26-24(16-20)29(39-38-26)31-36-28-23(11-13-34-30(28)37-31)25-8-4-5-12-33-25/h4-5,8-13,15-19H,1-3,6-7,14H2,(H,35,40)(H,38,39)(H,34,36,37). The number of fused-ring (bicyclic) bond motifs is 2. The fourth-order valence-electron chi connectivity index (χ4n) is 5.66. The van der Waals surface area contributed by atoms with Crippen molar-refractivity contribution in [3.8, 4) is 33.9 Å². The maximum Gasteiger partial charge on any atom is 0.224 e. The van der Waals surface area contributed by atoms with Crippen LogP contribution in [-0.2, 0) is 4.79 Å². The Bertz CT molecular complexity index is 1820. The molecule has 0 unspecified atom stereocenters. The zero-order chi connectivity index (χ0) is 26.9. The number of aromatic amines is 2. The summed E-state index contributed by atoms with van der Waals surface area (Å²) in [6.07, 6.45) is 13.6. The number of imidazole rings is 1. The maximum absolute atomic E-state index is 12.7. The van der Waals surface area contributed by atoms with Gasteiger partial charge in [-0.15, -0.1) is 0 Å². The monoisotopic (exact) mass is 528 g/mol. The second-order valence-electron chi connectivity index (χ2n) is 10.4. The third-order valence-electron chi connectivity index (χ3n) is 7.67. The largest absolute Gasteiger partial charge is 0.335 e. The Kier molecular flexibility index (Phi) is 6.24. The molecule has 9 nitrogen and oxygen atoms in total. The summed E-state index contributed by atoms with van der Waals surface area (Å²) < 4.78 is 0. The quantitative estimate of drug-likeness (QED) is 0.226. The second-order valence-corrected chi connectivity index (χ2v) is 10.4. The van der Waals surface area contributed by atoms with Gasteiger partial charge in [-0.3, -0.25) is 19.9 Å². The molecule has 3 N–H and O–H groups in total. The fraction of sp³-hybridized carbons (Fsp3) is 0.226. The normalized spacial score (nSPS) is 14.1. The third kappa shape index (κ3) is 4.70. The predicted molar refractivity (Wildman–Crippen MR) is 155 cm³/mol. The molecule has 0 spiro atoms. The number of hydrogen-bond donors (Lipinski definition) is 3.